The van der Waals surface area contributed by atoms with Crippen LogP contribution in [0.4, 0.5) is 0 Å². The van der Waals surface area contributed by atoms with Crippen LogP contribution in [-0.4, -0.2) is 55.8 Å². The second kappa shape index (κ2) is 9.08. The van der Waals surface area contributed by atoms with Gasteiger partial charge >= 0.3 is 0 Å². The van der Waals surface area contributed by atoms with Crippen molar-refractivity contribution in [3.8, 4) is 0 Å². The first kappa shape index (κ1) is 18.9. The van der Waals surface area contributed by atoms with Gasteiger partial charge in [0.2, 0.25) is 0 Å². The zero-order chi connectivity index (χ0) is 15.9. The molecule has 2 atom stereocenters. The van der Waals surface area contributed by atoms with E-state index in [-0.39, 0.29) is 12.1 Å². The van der Waals surface area contributed by atoms with Gasteiger partial charge in [-0.15, -0.1) is 0 Å². The topological polar surface area (TPSA) is 52.7 Å². The summed E-state index contributed by atoms with van der Waals surface area (Å²) in [5.41, 5.74) is 0. The maximum absolute atomic E-state index is 12.9. The van der Waals surface area contributed by atoms with E-state index in [1.54, 1.807) is 15.7 Å². The summed E-state index contributed by atoms with van der Waals surface area (Å²) in [6.07, 6.45) is 6.04. The SMILES string of the molecule is CCCNCC1CCCCN1S(=O)(=O)N(C)C(C)CCC. The summed E-state index contributed by atoms with van der Waals surface area (Å²) in [6, 6.07) is 0.165. The van der Waals surface area contributed by atoms with Crippen LogP contribution >= 0.6 is 0 Å². The van der Waals surface area contributed by atoms with Crippen molar-refractivity contribution in [1.29, 1.82) is 0 Å². The standard InChI is InChI=1S/C15H33N3O2S/c1-5-9-14(3)17(4)21(19,20)18-12-8-7-10-15(18)13-16-11-6-2/h14-16H,5-13H2,1-4H3. The fourth-order valence-electron chi connectivity index (χ4n) is 2.92. The Labute approximate surface area is 131 Å². The van der Waals surface area contributed by atoms with Crippen LogP contribution in [0, 0.1) is 0 Å². The summed E-state index contributed by atoms with van der Waals surface area (Å²) in [5.74, 6) is 0. The molecule has 0 bridgehead atoms. The lowest BCUT2D eigenvalue weighted by Crippen LogP contribution is -2.54. The number of rotatable bonds is 9. The summed E-state index contributed by atoms with van der Waals surface area (Å²) in [6.45, 7) is 8.59. The molecule has 0 spiro atoms. The van der Waals surface area contributed by atoms with E-state index >= 15 is 0 Å². The van der Waals surface area contributed by atoms with Crippen LogP contribution in [0.15, 0.2) is 0 Å². The average molecular weight is 320 g/mol. The van der Waals surface area contributed by atoms with E-state index < -0.39 is 10.2 Å². The third kappa shape index (κ3) is 5.20. The van der Waals surface area contributed by atoms with E-state index in [1.165, 1.54) is 0 Å². The van der Waals surface area contributed by atoms with Crippen molar-refractivity contribution in [2.24, 2.45) is 0 Å². The smallest absolute Gasteiger partial charge is 0.282 e. The van der Waals surface area contributed by atoms with E-state index in [2.05, 4.69) is 19.2 Å². The predicted octanol–water partition coefficient (Wildman–Crippen LogP) is 2.21. The first-order valence-corrected chi connectivity index (χ1v) is 9.80. The molecule has 0 aromatic rings. The number of nitrogens with zero attached hydrogens (tertiary/aromatic N) is 2. The molecule has 126 valence electrons. The summed E-state index contributed by atoms with van der Waals surface area (Å²) >= 11 is 0. The molecule has 2 unspecified atom stereocenters. The van der Waals surface area contributed by atoms with E-state index in [0.717, 1.165) is 51.6 Å². The molecule has 5 nitrogen and oxygen atoms in total. The summed E-state index contributed by atoms with van der Waals surface area (Å²) in [7, 11) is -1.62. The predicted molar refractivity (Wildman–Crippen MR) is 88.6 cm³/mol. The highest BCUT2D eigenvalue weighted by Gasteiger charge is 2.36. The third-order valence-corrected chi connectivity index (χ3v) is 6.53. The monoisotopic (exact) mass is 319 g/mol. The summed E-state index contributed by atoms with van der Waals surface area (Å²) in [5, 5.41) is 3.38. The van der Waals surface area contributed by atoms with Crippen LogP contribution in [0.2, 0.25) is 0 Å². The largest absolute Gasteiger partial charge is 0.315 e. The van der Waals surface area contributed by atoms with Gasteiger partial charge in [-0.05, 0) is 39.2 Å². The van der Waals surface area contributed by atoms with E-state index in [4.69, 9.17) is 0 Å². The van der Waals surface area contributed by atoms with Crippen molar-refractivity contribution in [2.45, 2.75) is 71.4 Å². The van der Waals surface area contributed by atoms with Gasteiger partial charge in [0.1, 0.15) is 0 Å². The highest BCUT2D eigenvalue weighted by Crippen LogP contribution is 2.23. The molecule has 0 amide bonds. The minimum absolute atomic E-state index is 0.0613. The normalized spacial score (nSPS) is 22.6. The molecule has 1 rings (SSSR count). The zero-order valence-electron chi connectivity index (χ0n) is 14.1. The Morgan fingerprint density at radius 2 is 2.00 bits per heavy atom. The Morgan fingerprint density at radius 1 is 1.29 bits per heavy atom. The van der Waals surface area contributed by atoms with Crippen molar-refractivity contribution in [3.63, 3.8) is 0 Å². The molecule has 1 saturated heterocycles. The third-order valence-electron chi connectivity index (χ3n) is 4.37. The van der Waals surface area contributed by atoms with Gasteiger partial charge in [0, 0.05) is 32.2 Å². The Hall–Kier alpha value is -0.170. The molecular formula is C15H33N3O2S. The molecule has 6 heteroatoms. The zero-order valence-corrected chi connectivity index (χ0v) is 15.0. The fourth-order valence-corrected chi connectivity index (χ4v) is 4.73. The van der Waals surface area contributed by atoms with Crippen LogP contribution in [0.3, 0.4) is 0 Å². The summed E-state index contributed by atoms with van der Waals surface area (Å²) in [4.78, 5) is 0. The summed E-state index contributed by atoms with van der Waals surface area (Å²) < 4.78 is 29.0. The number of hydrogen-bond acceptors (Lipinski definition) is 3. The molecule has 0 saturated carbocycles. The van der Waals surface area contributed by atoms with Gasteiger partial charge in [0.05, 0.1) is 0 Å². The van der Waals surface area contributed by atoms with Crippen molar-refractivity contribution in [1.82, 2.24) is 13.9 Å². The molecule has 1 aliphatic rings. The lowest BCUT2D eigenvalue weighted by Gasteiger charge is -2.38. The minimum Gasteiger partial charge on any atom is -0.315 e. The molecule has 0 aliphatic carbocycles. The highest BCUT2D eigenvalue weighted by molar-refractivity contribution is 7.86. The molecule has 0 aromatic carbocycles. The molecule has 1 fully saturated rings. The molecule has 1 aliphatic heterocycles. The first-order valence-electron chi connectivity index (χ1n) is 8.40. The molecule has 0 radical (unpaired) electrons. The molecule has 1 N–H and O–H groups in total. The highest BCUT2D eigenvalue weighted by atomic mass is 32.2. The maximum atomic E-state index is 12.9. The van der Waals surface area contributed by atoms with Gasteiger partial charge in [-0.25, -0.2) is 0 Å². The Morgan fingerprint density at radius 3 is 2.62 bits per heavy atom. The average Bonchev–Trinajstić information content (AvgIpc) is 2.47. The van der Waals surface area contributed by atoms with E-state index in [9.17, 15) is 8.42 Å². The minimum atomic E-state index is -3.34. The number of nitrogens with one attached hydrogen (secondary N) is 1. The van der Waals surface area contributed by atoms with Gasteiger partial charge in [0.25, 0.3) is 10.2 Å². The maximum Gasteiger partial charge on any atom is 0.282 e. The molecule has 21 heavy (non-hydrogen) atoms. The van der Waals surface area contributed by atoms with Gasteiger partial charge in [-0.3, -0.25) is 0 Å². The Bertz CT molecular complexity index is 386. The second-order valence-electron chi connectivity index (χ2n) is 6.13. The number of piperidine rings is 1. The molecule has 1 heterocycles. The second-order valence-corrected chi connectivity index (χ2v) is 8.07. The van der Waals surface area contributed by atoms with Crippen molar-refractivity contribution in [3.05, 3.63) is 0 Å². The number of hydrogen-bond donors (Lipinski definition) is 1. The quantitative estimate of drug-likeness (QED) is 0.663. The van der Waals surface area contributed by atoms with Crippen LogP contribution < -0.4 is 5.32 Å². The van der Waals surface area contributed by atoms with Gasteiger partial charge in [0.15, 0.2) is 0 Å². The van der Waals surface area contributed by atoms with Crippen LogP contribution in [-0.2, 0) is 10.2 Å². The van der Waals surface area contributed by atoms with E-state index in [0.29, 0.717) is 6.54 Å². The van der Waals surface area contributed by atoms with Crippen LogP contribution in [0.25, 0.3) is 0 Å². The van der Waals surface area contributed by atoms with Crippen LogP contribution in [0.1, 0.15) is 59.3 Å². The lowest BCUT2D eigenvalue weighted by molar-refractivity contribution is 0.222. The molecule has 0 aromatic heterocycles. The van der Waals surface area contributed by atoms with Crippen LogP contribution in [0.5, 0.6) is 0 Å². The van der Waals surface area contributed by atoms with Crippen molar-refractivity contribution < 1.29 is 8.42 Å². The van der Waals surface area contributed by atoms with Crippen molar-refractivity contribution in [2.75, 3.05) is 26.7 Å². The Kier molecular flexibility index (Phi) is 8.16. The van der Waals surface area contributed by atoms with Gasteiger partial charge in [-0.1, -0.05) is 26.7 Å². The Balaban J connectivity index is 2.76. The van der Waals surface area contributed by atoms with Crippen molar-refractivity contribution >= 4 is 10.2 Å². The first-order chi connectivity index (χ1) is 9.95. The fraction of sp³-hybridized carbons (Fsp3) is 1.00. The van der Waals surface area contributed by atoms with Gasteiger partial charge < -0.3 is 5.32 Å². The van der Waals surface area contributed by atoms with E-state index in [1.807, 2.05) is 6.92 Å². The van der Waals surface area contributed by atoms with Gasteiger partial charge in [-0.2, -0.15) is 17.0 Å². The molecular weight excluding hydrogens is 286 g/mol. The lowest BCUT2D eigenvalue weighted by atomic mass is 10.1.